The molecule has 0 aliphatic carbocycles. The number of thiazole rings is 1. The lowest BCUT2D eigenvalue weighted by molar-refractivity contribution is -0.119. The average molecular weight is 419 g/mol. The normalized spacial score (nSPS) is 12.1. The van der Waals surface area contributed by atoms with E-state index in [4.69, 9.17) is 4.98 Å². The topological polar surface area (TPSA) is 82.5 Å². The fraction of sp³-hybridized carbons (Fsp3) is 0.167. The number of phenolic OH excluding ortho intramolecular Hbond substituents is 2. The second-order valence-corrected chi connectivity index (χ2v) is 8.52. The number of carbonyl (C=O) groups excluding carboxylic acids is 1. The van der Waals surface area contributed by atoms with Crippen molar-refractivity contribution in [1.82, 2.24) is 4.98 Å². The Morgan fingerprint density at radius 2 is 1.80 bits per heavy atom. The van der Waals surface area contributed by atoms with E-state index in [0.29, 0.717) is 6.42 Å². The molecule has 0 bridgehead atoms. The number of carbonyl (C=O) groups is 1. The number of aryl methyl sites for hydroxylation is 1. The van der Waals surface area contributed by atoms with Gasteiger partial charge in [0.05, 0.1) is 10.2 Å². The third-order valence-corrected chi connectivity index (χ3v) is 6.04. The number of phenols is 2. The van der Waals surface area contributed by atoms with Gasteiger partial charge in [-0.3, -0.25) is 4.79 Å². The summed E-state index contributed by atoms with van der Waals surface area (Å²) >= 11 is 1.66. The first-order valence-corrected chi connectivity index (χ1v) is 10.5. The smallest absolute Gasteiger partial charge is 0.227 e. The molecule has 0 aliphatic heterocycles. The average Bonchev–Trinajstić information content (AvgIpc) is 3.14. The monoisotopic (exact) mass is 418 g/mol. The summed E-state index contributed by atoms with van der Waals surface area (Å²) in [6.07, 6.45) is 0.461. The lowest BCUT2D eigenvalue weighted by Gasteiger charge is -2.13. The van der Waals surface area contributed by atoms with Crippen LogP contribution in [-0.4, -0.2) is 21.1 Å². The van der Waals surface area contributed by atoms with Gasteiger partial charge >= 0.3 is 0 Å². The van der Waals surface area contributed by atoms with Crippen molar-refractivity contribution in [3.63, 3.8) is 0 Å². The van der Waals surface area contributed by atoms with Gasteiger partial charge in [-0.1, -0.05) is 19.1 Å². The Hall–Kier alpha value is -3.38. The molecule has 1 unspecified atom stereocenters. The predicted octanol–water partition coefficient (Wildman–Crippen LogP) is 5.50. The maximum atomic E-state index is 12.5. The predicted molar refractivity (Wildman–Crippen MR) is 121 cm³/mol. The maximum Gasteiger partial charge on any atom is 0.227 e. The molecule has 0 saturated carbocycles. The summed E-state index contributed by atoms with van der Waals surface area (Å²) in [5.41, 5.74) is 4.73. The molecule has 0 aliphatic rings. The molecular weight excluding hydrogens is 396 g/mol. The van der Waals surface area contributed by atoms with Gasteiger partial charge in [0, 0.05) is 17.2 Å². The SMILES string of the molecule is Cc1ccc2nc(-c3ccc(NC(=O)C(C)Cc4ccc(O)c(O)c4)cc3)sc2c1. The van der Waals surface area contributed by atoms with Crippen LogP contribution in [0.4, 0.5) is 5.69 Å². The van der Waals surface area contributed by atoms with E-state index >= 15 is 0 Å². The van der Waals surface area contributed by atoms with Crippen LogP contribution in [0.25, 0.3) is 20.8 Å². The molecule has 6 heteroatoms. The molecule has 152 valence electrons. The van der Waals surface area contributed by atoms with Crippen molar-refractivity contribution in [2.75, 3.05) is 5.32 Å². The van der Waals surface area contributed by atoms with Gasteiger partial charge in [-0.2, -0.15) is 0 Å². The largest absolute Gasteiger partial charge is 0.504 e. The number of nitrogens with zero attached hydrogens (tertiary/aromatic N) is 1. The zero-order valence-corrected chi connectivity index (χ0v) is 17.5. The summed E-state index contributed by atoms with van der Waals surface area (Å²) in [5.74, 6) is -0.744. The highest BCUT2D eigenvalue weighted by atomic mass is 32.1. The summed E-state index contributed by atoms with van der Waals surface area (Å²) in [6, 6.07) is 18.5. The van der Waals surface area contributed by atoms with Crippen LogP contribution in [0.2, 0.25) is 0 Å². The zero-order chi connectivity index (χ0) is 21.3. The van der Waals surface area contributed by atoms with E-state index in [1.165, 1.54) is 17.7 Å². The highest BCUT2D eigenvalue weighted by Crippen LogP contribution is 2.31. The summed E-state index contributed by atoms with van der Waals surface area (Å²) in [4.78, 5) is 17.2. The number of hydrogen-bond donors (Lipinski definition) is 3. The van der Waals surface area contributed by atoms with Crippen molar-refractivity contribution in [3.05, 3.63) is 71.8 Å². The Kier molecular flexibility index (Phi) is 5.42. The number of benzene rings is 3. The van der Waals surface area contributed by atoms with Crippen molar-refractivity contribution in [3.8, 4) is 22.1 Å². The van der Waals surface area contributed by atoms with Crippen molar-refractivity contribution in [2.45, 2.75) is 20.3 Å². The Balaban J connectivity index is 1.43. The fourth-order valence-electron chi connectivity index (χ4n) is 3.26. The van der Waals surface area contributed by atoms with Crippen LogP contribution < -0.4 is 5.32 Å². The number of nitrogens with one attached hydrogen (secondary N) is 1. The Morgan fingerprint density at radius 3 is 2.53 bits per heavy atom. The molecule has 1 aromatic heterocycles. The lowest BCUT2D eigenvalue weighted by atomic mass is 10.00. The number of fused-ring (bicyclic) bond motifs is 1. The van der Waals surface area contributed by atoms with Crippen LogP contribution in [-0.2, 0) is 11.2 Å². The standard InChI is InChI=1S/C24H22N2O3S/c1-14-3-9-19-22(11-14)30-24(26-19)17-5-7-18(8-6-17)25-23(29)15(2)12-16-4-10-20(27)21(28)13-16/h3-11,13,15,27-28H,12H2,1-2H3,(H,25,29). The maximum absolute atomic E-state index is 12.5. The van der Waals surface area contributed by atoms with E-state index in [9.17, 15) is 15.0 Å². The van der Waals surface area contributed by atoms with E-state index < -0.39 is 0 Å². The number of amides is 1. The molecule has 30 heavy (non-hydrogen) atoms. The first kappa shape index (κ1) is 19.9. The third-order valence-electron chi connectivity index (χ3n) is 4.97. The second kappa shape index (κ2) is 8.16. The first-order valence-electron chi connectivity index (χ1n) is 9.68. The third kappa shape index (κ3) is 4.28. The van der Waals surface area contributed by atoms with E-state index in [0.717, 1.165) is 32.0 Å². The molecule has 0 radical (unpaired) electrons. The molecule has 0 spiro atoms. The molecule has 0 saturated heterocycles. The van der Waals surface area contributed by atoms with Gasteiger partial charge in [-0.15, -0.1) is 11.3 Å². The van der Waals surface area contributed by atoms with E-state index in [2.05, 4.69) is 24.4 Å². The van der Waals surface area contributed by atoms with Crippen molar-refractivity contribution in [1.29, 1.82) is 0 Å². The molecule has 3 aromatic carbocycles. The van der Waals surface area contributed by atoms with Crippen LogP contribution >= 0.6 is 11.3 Å². The fourth-order valence-corrected chi connectivity index (χ4v) is 4.33. The quantitative estimate of drug-likeness (QED) is 0.374. The number of anilines is 1. The van der Waals surface area contributed by atoms with Crippen LogP contribution in [0.1, 0.15) is 18.1 Å². The molecule has 1 heterocycles. The van der Waals surface area contributed by atoms with Gasteiger partial charge < -0.3 is 15.5 Å². The minimum absolute atomic E-state index is 0.106. The van der Waals surface area contributed by atoms with Gasteiger partial charge in [-0.25, -0.2) is 4.98 Å². The second-order valence-electron chi connectivity index (χ2n) is 7.49. The summed E-state index contributed by atoms with van der Waals surface area (Å²) in [5, 5.41) is 22.9. The number of hydrogen-bond acceptors (Lipinski definition) is 5. The zero-order valence-electron chi connectivity index (χ0n) is 16.7. The van der Waals surface area contributed by atoms with E-state index in [1.807, 2.05) is 37.3 Å². The molecule has 5 nitrogen and oxygen atoms in total. The molecule has 0 fully saturated rings. The highest BCUT2D eigenvalue weighted by Gasteiger charge is 2.15. The molecule has 3 N–H and O–H groups in total. The van der Waals surface area contributed by atoms with Crippen LogP contribution in [0.5, 0.6) is 11.5 Å². The molecule has 1 atom stereocenters. The molecule has 1 amide bonds. The summed E-state index contributed by atoms with van der Waals surface area (Å²) in [6.45, 7) is 3.90. The minimum Gasteiger partial charge on any atom is -0.504 e. The molecule has 4 aromatic rings. The Morgan fingerprint density at radius 1 is 1.03 bits per heavy atom. The van der Waals surface area contributed by atoms with Gasteiger partial charge in [0.2, 0.25) is 5.91 Å². The molecule has 4 rings (SSSR count). The van der Waals surface area contributed by atoms with Crippen molar-refractivity contribution < 1.29 is 15.0 Å². The number of aromatic nitrogens is 1. The minimum atomic E-state index is -0.291. The summed E-state index contributed by atoms with van der Waals surface area (Å²) in [7, 11) is 0. The first-order chi connectivity index (χ1) is 14.4. The van der Waals surface area contributed by atoms with Gasteiger partial charge in [0.25, 0.3) is 0 Å². The summed E-state index contributed by atoms with van der Waals surface area (Å²) < 4.78 is 1.16. The number of aromatic hydroxyl groups is 2. The van der Waals surface area contributed by atoms with Crippen molar-refractivity contribution >= 4 is 33.1 Å². The van der Waals surface area contributed by atoms with Crippen LogP contribution in [0.3, 0.4) is 0 Å². The van der Waals surface area contributed by atoms with Crippen LogP contribution in [0.15, 0.2) is 60.7 Å². The highest BCUT2D eigenvalue weighted by molar-refractivity contribution is 7.21. The lowest BCUT2D eigenvalue weighted by Crippen LogP contribution is -2.22. The Labute approximate surface area is 178 Å². The van der Waals surface area contributed by atoms with Crippen LogP contribution in [0, 0.1) is 12.8 Å². The van der Waals surface area contributed by atoms with Gasteiger partial charge in [0.15, 0.2) is 11.5 Å². The Bertz CT molecular complexity index is 1220. The number of rotatable bonds is 5. The van der Waals surface area contributed by atoms with Crippen molar-refractivity contribution in [2.24, 2.45) is 5.92 Å². The van der Waals surface area contributed by atoms with Gasteiger partial charge in [-0.05, 0) is 73.0 Å². The van der Waals surface area contributed by atoms with E-state index in [1.54, 1.807) is 17.4 Å². The van der Waals surface area contributed by atoms with Gasteiger partial charge in [0.1, 0.15) is 5.01 Å². The van der Waals surface area contributed by atoms with E-state index in [-0.39, 0.29) is 23.3 Å². The molecular formula is C24H22N2O3S.